The van der Waals surface area contributed by atoms with Crippen LogP contribution in [-0.2, 0) is 9.53 Å². The Morgan fingerprint density at radius 3 is 2.88 bits per heavy atom. The molecule has 0 saturated carbocycles. The number of Topliss-reactive ketones (excluding diaryl/α,β-unsaturated/α-hetero) is 1. The van der Waals surface area contributed by atoms with Crippen LogP contribution in [0.2, 0.25) is 0 Å². The largest absolute Gasteiger partial charge is 0.478 e. The van der Waals surface area contributed by atoms with E-state index in [2.05, 4.69) is 0 Å². The maximum Gasteiger partial charge on any atom is 0.347 e. The monoisotopic (exact) mass is 238 g/mol. The smallest absolute Gasteiger partial charge is 0.347 e. The fourth-order valence-electron chi connectivity index (χ4n) is 1.62. The summed E-state index contributed by atoms with van der Waals surface area (Å²) < 4.78 is 23.1. The van der Waals surface area contributed by atoms with Crippen molar-refractivity contribution < 1.29 is 23.5 Å². The molecule has 1 heterocycles. The van der Waals surface area contributed by atoms with Crippen molar-refractivity contribution in [2.75, 3.05) is 6.61 Å². The first-order chi connectivity index (χ1) is 8.08. The lowest BCUT2D eigenvalue weighted by atomic mass is 10.1. The van der Waals surface area contributed by atoms with E-state index in [4.69, 9.17) is 9.47 Å². The van der Waals surface area contributed by atoms with Crippen molar-refractivity contribution in [1.29, 1.82) is 0 Å². The van der Waals surface area contributed by atoms with Crippen molar-refractivity contribution in [1.82, 2.24) is 0 Å². The zero-order valence-corrected chi connectivity index (χ0v) is 9.23. The molecule has 2 rings (SSSR count). The molecular weight excluding hydrogens is 227 g/mol. The van der Waals surface area contributed by atoms with Gasteiger partial charge in [-0.1, -0.05) is 0 Å². The molecule has 0 aliphatic carbocycles. The zero-order chi connectivity index (χ0) is 12.4. The summed E-state index contributed by atoms with van der Waals surface area (Å²) in [6, 6.07) is 3.62. The quantitative estimate of drug-likeness (QED) is 0.594. The fourth-order valence-corrected chi connectivity index (χ4v) is 1.62. The number of esters is 1. The van der Waals surface area contributed by atoms with Crippen LogP contribution in [0.4, 0.5) is 4.39 Å². The number of hydrogen-bond acceptors (Lipinski definition) is 4. The lowest BCUT2D eigenvalue weighted by molar-refractivity contribution is -0.143. The van der Waals surface area contributed by atoms with Crippen LogP contribution in [0.25, 0.3) is 0 Å². The van der Waals surface area contributed by atoms with Gasteiger partial charge in [-0.3, -0.25) is 4.79 Å². The van der Waals surface area contributed by atoms with E-state index >= 15 is 0 Å². The Morgan fingerprint density at radius 2 is 2.29 bits per heavy atom. The molecule has 0 aromatic heterocycles. The molecule has 0 bridgehead atoms. The van der Waals surface area contributed by atoms with E-state index in [0.29, 0.717) is 13.0 Å². The van der Waals surface area contributed by atoms with Gasteiger partial charge in [0.1, 0.15) is 11.6 Å². The van der Waals surface area contributed by atoms with Crippen LogP contribution in [0, 0.1) is 5.82 Å². The molecule has 17 heavy (non-hydrogen) atoms. The zero-order valence-electron chi connectivity index (χ0n) is 9.23. The number of ether oxygens (including phenoxy) is 2. The molecular formula is C12H11FO4. The van der Waals surface area contributed by atoms with Crippen molar-refractivity contribution in [3.63, 3.8) is 0 Å². The van der Waals surface area contributed by atoms with Crippen LogP contribution in [-0.4, -0.2) is 24.5 Å². The van der Waals surface area contributed by atoms with Gasteiger partial charge in [0.05, 0.1) is 12.2 Å². The minimum Gasteiger partial charge on any atom is -0.478 e. The molecule has 1 aliphatic rings. The average Bonchev–Trinajstić information content (AvgIpc) is 2.67. The highest BCUT2D eigenvalue weighted by Crippen LogP contribution is 2.24. The first-order valence-corrected chi connectivity index (χ1v) is 5.21. The van der Waals surface area contributed by atoms with E-state index in [0.717, 1.165) is 6.07 Å². The van der Waals surface area contributed by atoms with Crippen molar-refractivity contribution in [3.05, 3.63) is 29.6 Å². The molecule has 1 aromatic carbocycles. The van der Waals surface area contributed by atoms with Crippen LogP contribution in [0.1, 0.15) is 23.7 Å². The molecule has 5 heteroatoms. The summed E-state index contributed by atoms with van der Waals surface area (Å²) in [6.45, 7) is 1.62. The third-order valence-electron chi connectivity index (χ3n) is 2.48. The molecule has 1 saturated heterocycles. The van der Waals surface area contributed by atoms with E-state index in [1.807, 2.05) is 0 Å². The molecule has 1 fully saturated rings. The molecule has 0 radical (unpaired) electrons. The van der Waals surface area contributed by atoms with Gasteiger partial charge in [0.2, 0.25) is 0 Å². The van der Waals surface area contributed by atoms with Gasteiger partial charge in [0, 0.05) is 6.42 Å². The highest BCUT2D eigenvalue weighted by atomic mass is 19.1. The second-order valence-corrected chi connectivity index (χ2v) is 3.76. The number of cyclic esters (lactones) is 1. The summed E-state index contributed by atoms with van der Waals surface area (Å²) in [5, 5.41) is 0. The highest BCUT2D eigenvalue weighted by molar-refractivity contribution is 5.97. The average molecular weight is 238 g/mol. The van der Waals surface area contributed by atoms with E-state index in [1.54, 1.807) is 0 Å². The summed E-state index contributed by atoms with van der Waals surface area (Å²) in [5.41, 5.74) is 0.129. The lowest BCUT2D eigenvalue weighted by Crippen LogP contribution is -2.22. The van der Waals surface area contributed by atoms with Crippen molar-refractivity contribution >= 4 is 11.8 Å². The van der Waals surface area contributed by atoms with Crippen LogP contribution in [0.5, 0.6) is 5.75 Å². The minimum atomic E-state index is -0.710. The topological polar surface area (TPSA) is 52.6 Å². The van der Waals surface area contributed by atoms with Gasteiger partial charge in [-0.05, 0) is 25.1 Å². The first-order valence-electron chi connectivity index (χ1n) is 5.21. The lowest BCUT2D eigenvalue weighted by Gasteiger charge is -2.12. The number of halogens is 1. The summed E-state index contributed by atoms with van der Waals surface area (Å²) in [6.07, 6.45) is -0.272. The summed E-state index contributed by atoms with van der Waals surface area (Å²) in [7, 11) is 0. The fraction of sp³-hybridized carbons (Fsp3) is 0.333. The van der Waals surface area contributed by atoms with E-state index in [1.165, 1.54) is 19.1 Å². The third kappa shape index (κ3) is 2.43. The molecule has 1 atom stereocenters. The molecule has 1 aliphatic heterocycles. The number of carbonyl (C=O) groups is 2. The number of carbonyl (C=O) groups excluding carboxylic acids is 2. The van der Waals surface area contributed by atoms with Gasteiger partial charge < -0.3 is 9.47 Å². The Labute approximate surface area is 97.3 Å². The summed E-state index contributed by atoms with van der Waals surface area (Å²) in [4.78, 5) is 22.5. The highest BCUT2D eigenvalue weighted by Gasteiger charge is 2.29. The van der Waals surface area contributed by atoms with Crippen molar-refractivity contribution in [2.45, 2.75) is 19.4 Å². The van der Waals surface area contributed by atoms with Gasteiger partial charge >= 0.3 is 5.97 Å². The Morgan fingerprint density at radius 1 is 1.53 bits per heavy atom. The van der Waals surface area contributed by atoms with Crippen LogP contribution >= 0.6 is 0 Å². The molecule has 0 N–H and O–H groups in total. The van der Waals surface area contributed by atoms with Crippen LogP contribution in [0.15, 0.2) is 18.2 Å². The van der Waals surface area contributed by atoms with Crippen LogP contribution in [0.3, 0.4) is 0 Å². The Bertz CT molecular complexity index is 470. The normalized spacial score (nSPS) is 18.9. The first kappa shape index (κ1) is 11.6. The standard InChI is InChI=1S/C12H11FO4/c1-7(14)9-6-8(13)2-3-10(9)17-11-4-5-16-12(11)15/h2-3,6,11H,4-5H2,1H3. The summed E-state index contributed by atoms with van der Waals surface area (Å²) >= 11 is 0. The number of hydrogen-bond donors (Lipinski definition) is 0. The predicted octanol–water partition coefficient (Wildman–Crippen LogP) is 1.72. The molecule has 0 amide bonds. The van der Waals surface area contributed by atoms with Crippen molar-refractivity contribution in [2.24, 2.45) is 0 Å². The van der Waals surface area contributed by atoms with E-state index in [9.17, 15) is 14.0 Å². The van der Waals surface area contributed by atoms with Crippen LogP contribution < -0.4 is 4.74 Å². The maximum atomic E-state index is 13.0. The predicted molar refractivity (Wildman–Crippen MR) is 56.4 cm³/mol. The third-order valence-corrected chi connectivity index (χ3v) is 2.48. The van der Waals surface area contributed by atoms with Gasteiger partial charge in [-0.25, -0.2) is 9.18 Å². The van der Waals surface area contributed by atoms with Gasteiger partial charge in [0.25, 0.3) is 0 Å². The number of benzene rings is 1. The molecule has 1 unspecified atom stereocenters. The van der Waals surface area contributed by atoms with Gasteiger partial charge in [-0.15, -0.1) is 0 Å². The number of ketones is 1. The number of rotatable bonds is 3. The SMILES string of the molecule is CC(=O)c1cc(F)ccc1OC1CCOC1=O. The second kappa shape index (κ2) is 4.53. The Hall–Kier alpha value is -1.91. The Balaban J connectivity index is 2.25. The van der Waals surface area contributed by atoms with Gasteiger partial charge in [0.15, 0.2) is 11.9 Å². The molecule has 90 valence electrons. The van der Waals surface area contributed by atoms with Gasteiger partial charge in [-0.2, -0.15) is 0 Å². The van der Waals surface area contributed by atoms with E-state index in [-0.39, 0.29) is 17.1 Å². The Kier molecular flexibility index (Phi) is 3.08. The van der Waals surface area contributed by atoms with E-state index < -0.39 is 17.9 Å². The second-order valence-electron chi connectivity index (χ2n) is 3.76. The molecule has 1 aromatic rings. The molecule has 4 nitrogen and oxygen atoms in total. The molecule has 0 spiro atoms. The summed E-state index contributed by atoms with van der Waals surface area (Å²) in [5.74, 6) is -1.08. The maximum absolute atomic E-state index is 13.0. The minimum absolute atomic E-state index is 0.129. The van der Waals surface area contributed by atoms with Crippen molar-refractivity contribution in [3.8, 4) is 5.75 Å².